The average Bonchev–Trinajstić information content (AvgIpc) is 3.28. The van der Waals surface area contributed by atoms with E-state index >= 15 is 0 Å². The van der Waals surface area contributed by atoms with Crippen LogP contribution < -0.4 is 5.50 Å². The normalized spacial score (nSPS) is 22.7. The summed E-state index contributed by atoms with van der Waals surface area (Å²) in [7, 11) is -3.26. The maximum atomic E-state index is 12.7. The van der Waals surface area contributed by atoms with Gasteiger partial charge in [0.1, 0.15) is 5.60 Å². The first kappa shape index (κ1) is 20.8. The van der Waals surface area contributed by atoms with E-state index in [-0.39, 0.29) is 12.0 Å². The third-order valence-electron chi connectivity index (χ3n) is 4.45. The number of carbonyl (C=O) groups excluding carboxylic acids is 1. The molecule has 146 valence electrons. The number of carbonyl (C=O) groups is 1. The van der Waals surface area contributed by atoms with E-state index in [0.717, 1.165) is 12.8 Å². The summed E-state index contributed by atoms with van der Waals surface area (Å²) in [5.74, 6) is -0.113. The maximum Gasteiger partial charge on any atom is 0.341 e. The molecule has 0 aromatic heterocycles. The van der Waals surface area contributed by atoms with Gasteiger partial charge in [0, 0.05) is 26.2 Å². The molecule has 1 atom stereocenters. The lowest BCUT2D eigenvalue weighted by molar-refractivity contribution is -0.157. The predicted molar refractivity (Wildman–Crippen MR) is 95.0 cm³/mol. The van der Waals surface area contributed by atoms with E-state index in [0.29, 0.717) is 39.2 Å². The van der Waals surface area contributed by atoms with E-state index in [1.807, 2.05) is 0 Å². The van der Waals surface area contributed by atoms with E-state index in [2.05, 4.69) is 0 Å². The summed E-state index contributed by atoms with van der Waals surface area (Å²) in [5.41, 5.74) is 4.06. The van der Waals surface area contributed by atoms with Crippen LogP contribution in [0.2, 0.25) is 0 Å². The fourth-order valence-corrected chi connectivity index (χ4v) is 4.14. The van der Waals surface area contributed by atoms with Crippen molar-refractivity contribution in [2.75, 3.05) is 32.8 Å². The van der Waals surface area contributed by atoms with Crippen LogP contribution in [0, 0.1) is 0 Å². The van der Waals surface area contributed by atoms with Crippen molar-refractivity contribution in [1.29, 1.82) is 0 Å². The highest BCUT2D eigenvalue weighted by atomic mass is 31.2. The van der Waals surface area contributed by atoms with Crippen molar-refractivity contribution in [2.45, 2.75) is 64.3 Å². The smallest absolute Gasteiger partial charge is 0.341 e. The summed E-state index contributed by atoms with van der Waals surface area (Å²) in [4.78, 5) is 14.4. The Labute approximate surface area is 150 Å². The summed E-state index contributed by atoms with van der Waals surface area (Å²) in [5, 5.41) is 9.74. The Balaban J connectivity index is 1.82. The van der Waals surface area contributed by atoms with Gasteiger partial charge in [0.2, 0.25) is 0 Å². The standard InChI is InChI=1S/C16H32N3O5P/c1-15(2,21)7-12-23-16(3,4)14(20)18-8-10-19(11-9-18)25(17,22)24-13-5-6-13/h13,21H,5-12H2,1-4H3,(H2,17,22). The van der Waals surface area contributed by atoms with Gasteiger partial charge < -0.3 is 19.3 Å². The summed E-state index contributed by atoms with van der Waals surface area (Å²) in [6, 6.07) is 0. The molecule has 1 heterocycles. The van der Waals surface area contributed by atoms with Crippen molar-refractivity contribution < 1.29 is 23.7 Å². The second kappa shape index (κ2) is 7.62. The molecule has 0 spiro atoms. The molecule has 0 bridgehead atoms. The molecule has 1 saturated carbocycles. The van der Waals surface area contributed by atoms with Gasteiger partial charge in [-0.15, -0.1) is 0 Å². The molecule has 8 nitrogen and oxygen atoms in total. The van der Waals surface area contributed by atoms with Crippen molar-refractivity contribution in [1.82, 2.24) is 9.57 Å². The van der Waals surface area contributed by atoms with Gasteiger partial charge in [-0.25, -0.2) is 10.2 Å². The lowest BCUT2D eigenvalue weighted by Crippen LogP contribution is -2.54. The zero-order valence-corrected chi connectivity index (χ0v) is 16.6. The highest BCUT2D eigenvalue weighted by molar-refractivity contribution is 7.53. The monoisotopic (exact) mass is 377 g/mol. The summed E-state index contributed by atoms with van der Waals surface area (Å²) < 4.78 is 25.3. The summed E-state index contributed by atoms with van der Waals surface area (Å²) >= 11 is 0. The average molecular weight is 377 g/mol. The Morgan fingerprint density at radius 3 is 2.24 bits per heavy atom. The van der Waals surface area contributed by atoms with Gasteiger partial charge in [0.15, 0.2) is 0 Å². The van der Waals surface area contributed by atoms with E-state index in [1.165, 1.54) is 0 Å². The van der Waals surface area contributed by atoms with E-state index in [4.69, 9.17) is 14.8 Å². The molecular formula is C16H32N3O5P. The largest absolute Gasteiger partial charge is 0.390 e. The van der Waals surface area contributed by atoms with Crippen molar-refractivity contribution in [3.05, 3.63) is 0 Å². The van der Waals surface area contributed by atoms with Gasteiger partial charge >= 0.3 is 7.67 Å². The second-order valence-electron chi connectivity index (χ2n) is 8.04. The molecule has 0 radical (unpaired) electrons. The van der Waals surface area contributed by atoms with Crippen LogP contribution in [0.4, 0.5) is 0 Å². The van der Waals surface area contributed by atoms with Crippen LogP contribution in [0.5, 0.6) is 0 Å². The Morgan fingerprint density at radius 2 is 1.76 bits per heavy atom. The van der Waals surface area contributed by atoms with Crippen LogP contribution in [0.25, 0.3) is 0 Å². The molecule has 0 aromatic carbocycles. The van der Waals surface area contributed by atoms with Gasteiger partial charge in [-0.1, -0.05) is 0 Å². The van der Waals surface area contributed by atoms with Gasteiger partial charge in [0.05, 0.1) is 18.3 Å². The van der Waals surface area contributed by atoms with Crippen LogP contribution in [0.15, 0.2) is 0 Å². The minimum Gasteiger partial charge on any atom is -0.390 e. The van der Waals surface area contributed by atoms with Crippen molar-refractivity contribution in [2.24, 2.45) is 5.50 Å². The quantitative estimate of drug-likeness (QED) is 0.615. The Hall–Kier alpha value is -0.500. The predicted octanol–water partition coefficient (Wildman–Crippen LogP) is 1.33. The Kier molecular flexibility index (Phi) is 6.35. The number of rotatable bonds is 8. The summed E-state index contributed by atoms with van der Waals surface area (Å²) in [6.45, 7) is 8.90. The summed E-state index contributed by atoms with van der Waals surface area (Å²) in [6.07, 6.45) is 2.30. The minimum absolute atomic E-state index is 0.0265. The van der Waals surface area contributed by atoms with Crippen molar-refractivity contribution in [3.8, 4) is 0 Å². The lowest BCUT2D eigenvalue weighted by atomic mass is 10.0. The molecule has 1 saturated heterocycles. The van der Waals surface area contributed by atoms with Crippen molar-refractivity contribution >= 4 is 13.6 Å². The number of amides is 1. The molecule has 9 heteroatoms. The molecule has 2 aliphatic rings. The maximum absolute atomic E-state index is 12.7. The lowest BCUT2D eigenvalue weighted by Gasteiger charge is -2.39. The molecule has 1 aliphatic carbocycles. The highest BCUT2D eigenvalue weighted by Gasteiger charge is 2.40. The molecule has 0 aromatic rings. The molecular weight excluding hydrogens is 345 g/mol. The van der Waals surface area contributed by atoms with E-state index in [1.54, 1.807) is 37.3 Å². The van der Waals surface area contributed by atoms with E-state index < -0.39 is 18.9 Å². The van der Waals surface area contributed by atoms with Crippen LogP contribution in [-0.4, -0.2) is 70.7 Å². The molecule has 2 fully saturated rings. The van der Waals surface area contributed by atoms with Gasteiger partial charge in [-0.05, 0) is 47.0 Å². The first-order valence-corrected chi connectivity index (χ1v) is 10.5. The number of nitrogens with two attached hydrogens (primary N) is 1. The third kappa shape index (κ3) is 6.31. The molecule has 2 rings (SSSR count). The van der Waals surface area contributed by atoms with Crippen LogP contribution >= 0.6 is 7.67 Å². The zero-order chi connectivity index (χ0) is 18.9. The van der Waals surface area contributed by atoms with Gasteiger partial charge in [-0.2, -0.15) is 0 Å². The number of hydrogen-bond donors (Lipinski definition) is 2. The van der Waals surface area contributed by atoms with Crippen LogP contribution in [0.3, 0.4) is 0 Å². The zero-order valence-electron chi connectivity index (χ0n) is 15.7. The number of nitrogens with zero attached hydrogens (tertiary/aromatic N) is 2. The number of piperazine rings is 1. The molecule has 1 amide bonds. The molecule has 1 unspecified atom stereocenters. The highest BCUT2D eigenvalue weighted by Crippen LogP contribution is 2.48. The van der Waals surface area contributed by atoms with Crippen LogP contribution in [0.1, 0.15) is 47.0 Å². The first-order chi connectivity index (χ1) is 11.4. The molecule has 1 aliphatic heterocycles. The van der Waals surface area contributed by atoms with Crippen molar-refractivity contribution in [3.63, 3.8) is 0 Å². The molecule has 3 N–H and O–H groups in total. The SMILES string of the molecule is CC(C)(O)CCOC(C)(C)C(=O)N1CCN(P(N)(=O)OC2CC2)CC1. The third-order valence-corrected chi connectivity index (χ3v) is 6.24. The molecule has 25 heavy (non-hydrogen) atoms. The minimum atomic E-state index is -3.26. The number of hydrogen-bond acceptors (Lipinski definition) is 5. The fourth-order valence-electron chi connectivity index (χ4n) is 2.63. The number of aliphatic hydroxyl groups is 1. The fraction of sp³-hybridized carbons (Fsp3) is 0.938. The van der Waals surface area contributed by atoms with Gasteiger partial charge in [0.25, 0.3) is 5.91 Å². The Morgan fingerprint density at radius 1 is 1.20 bits per heavy atom. The Bertz CT molecular complexity index is 522. The van der Waals surface area contributed by atoms with E-state index in [9.17, 15) is 14.5 Å². The van der Waals surface area contributed by atoms with Gasteiger partial charge in [-0.3, -0.25) is 9.36 Å². The van der Waals surface area contributed by atoms with Crippen LogP contribution in [-0.2, 0) is 18.6 Å². The number of ether oxygens (including phenoxy) is 1. The first-order valence-electron chi connectivity index (χ1n) is 8.89. The topological polar surface area (TPSA) is 105 Å². The second-order valence-corrected chi connectivity index (χ2v) is 9.94.